The van der Waals surface area contributed by atoms with Gasteiger partial charge in [-0.3, -0.25) is 4.98 Å². The lowest BCUT2D eigenvalue weighted by Crippen LogP contribution is -2.45. The van der Waals surface area contributed by atoms with Gasteiger partial charge in [0.25, 0.3) is 0 Å². The number of nitrogens with zero attached hydrogens (tertiary/aromatic N) is 4. The summed E-state index contributed by atoms with van der Waals surface area (Å²) in [5, 5.41) is 0. The number of benzene rings is 2. The molecule has 3 aromatic rings. The van der Waals surface area contributed by atoms with Crippen LogP contribution in [0, 0.1) is 11.6 Å². The van der Waals surface area contributed by atoms with Gasteiger partial charge in [0.05, 0.1) is 0 Å². The van der Waals surface area contributed by atoms with Crippen LogP contribution in [0.2, 0.25) is 0 Å². The van der Waals surface area contributed by atoms with E-state index in [0.717, 1.165) is 62.3 Å². The molecule has 34 heavy (non-hydrogen) atoms. The Labute approximate surface area is 196 Å². The molecule has 7 nitrogen and oxygen atoms in total. The zero-order chi connectivity index (χ0) is 23.8. The number of aromatic amines is 1. The predicted molar refractivity (Wildman–Crippen MR) is 127 cm³/mol. The molecular weight excluding hydrogens is 440 g/mol. The van der Waals surface area contributed by atoms with E-state index in [1.54, 1.807) is 25.2 Å². The summed E-state index contributed by atoms with van der Waals surface area (Å²) in [4.78, 5) is 30.3. The minimum absolute atomic E-state index is 0.192. The van der Waals surface area contributed by atoms with Crippen molar-refractivity contribution in [2.24, 2.45) is 7.05 Å². The van der Waals surface area contributed by atoms with Crippen LogP contribution in [0.25, 0.3) is 0 Å². The average molecular weight is 470 g/mol. The van der Waals surface area contributed by atoms with E-state index in [1.807, 2.05) is 6.07 Å². The summed E-state index contributed by atoms with van der Waals surface area (Å²) in [6.45, 7) is 3.25. The molecule has 0 spiro atoms. The quantitative estimate of drug-likeness (QED) is 0.539. The zero-order valence-electron chi connectivity index (χ0n) is 19.2. The monoisotopic (exact) mass is 469 g/mol. The van der Waals surface area contributed by atoms with E-state index in [0.29, 0.717) is 6.54 Å². The standard InChI is InChI=1S/C25H29F2N5O2/c1-29-24(33)28-25(34)31(29)13-4-2-3-12-30-14-11-23-21(16-30)20-15-18(27)7-10-22(20)32(23)19-8-5-17(26)6-9-19/h5-10,15,21,23H,2-4,11-14,16H2,1H3,(H,28,33,34). The second-order valence-electron chi connectivity index (χ2n) is 9.26. The van der Waals surface area contributed by atoms with E-state index >= 15 is 0 Å². The number of nitrogens with one attached hydrogen (secondary N) is 1. The minimum atomic E-state index is -0.393. The van der Waals surface area contributed by atoms with Gasteiger partial charge < -0.3 is 9.80 Å². The highest BCUT2D eigenvalue weighted by molar-refractivity contribution is 5.73. The van der Waals surface area contributed by atoms with Crippen LogP contribution in [0.5, 0.6) is 0 Å². The van der Waals surface area contributed by atoms with Gasteiger partial charge in [-0.2, -0.15) is 0 Å². The van der Waals surface area contributed by atoms with Gasteiger partial charge in [-0.15, -0.1) is 0 Å². The van der Waals surface area contributed by atoms with Crippen LogP contribution in [-0.2, 0) is 13.6 Å². The Kier molecular flexibility index (Phi) is 6.12. The highest BCUT2D eigenvalue weighted by Crippen LogP contribution is 2.48. The Bertz CT molecular complexity index is 1280. The Morgan fingerprint density at radius 3 is 2.41 bits per heavy atom. The number of halogens is 2. The lowest BCUT2D eigenvalue weighted by molar-refractivity contribution is 0.192. The zero-order valence-corrected chi connectivity index (χ0v) is 19.2. The third kappa shape index (κ3) is 4.20. The van der Waals surface area contributed by atoms with Crippen LogP contribution in [0.15, 0.2) is 52.1 Å². The van der Waals surface area contributed by atoms with E-state index in [1.165, 1.54) is 27.6 Å². The molecule has 9 heteroatoms. The largest absolute Gasteiger partial charge is 0.344 e. The number of aromatic nitrogens is 3. The summed E-state index contributed by atoms with van der Waals surface area (Å²) < 4.78 is 30.4. The lowest BCUT2D eigenvalue weighted by atomic mass is 9.89. The number of rotatable bonds is 7. The summed E-state index contributed by atoms with van der Waals surface area (Å²) in [6, 6.07) is 11.7. The van der Waals surface area contributed by atoms with Crippen LogP contribution in [0.3, 0.4) is 0 Å². The number of anilines is 2. The normalized spacial score (nSPS) is 19.9. The van der Waals surface area contributed by atoms with Crippen LogP contribution >= 0.6 is 0 Å². The van der Waals surface area contributed by atoms with Crippen molar-refractivity contribution in [3.05, 3.63) is 80.6 Å². The summed E-state index contributed by atoms with van der Waals surface area (Å²) >= 11 is 0. The van der Waals surface area contributed by atoms with Crippen molar-refractivity contribution in [1.82, 2.24) is 19.2 Å². The lowest BCUT2D eigenvalue weighted by Gasteiger charge is -2.39. The highest BCUT2D eigenvalue weighted by Gasteiger charge is 2.42. The number of unbranched alkanes of at least 4 members (excludes halogenated alkanes) is 2. The summed E-state index contributed by atoms with van der Waals surface area (Å²) in [7, 11) is 1.59. The molecule has 1 aromatic heterocycles. The van der Waals surface area contributed by atoms with Crippen molar-refractivity contribution in [2.75, 3.05) is 24.5 Å². The first-order valence-corrected chi connectivity index (χ1v) is 11.8. The van der Waals surface area contributed by atoms with E-state index < -0.39 is 5.69 Å². The number of fused-ring (bicyclic) bond motifs is 3. The molecule has 180 valence electrons. The first-order valence-electron chi connectivity index (χ1n) is 11.8. The molecule has 2 unspecified atom stereocenters. The second kappa shape index (κ2) is 9.21. The SMILES string of the molecule is Cn1c(=O)[nH]c(=O)n1CCCCCN1CCC2C(C1)c1cc(F)ccc1N2c1ccc(F)cc1. The van der Waals surface area contributed by atoms with Gasteiger partial charge in [-0.25, -0.2) is 27.7 Å². The molecule has 0 saturated carbocycles. The molecule has 2 aliphatic heterocycles. The molecule has 0 aliphatic carbocycles. The maximum absolute atomic E-state index is 14.2. The van der Waals surface area contributed by atoms with Crippen LogP contribution < -0.4 is 16.3 Å². The Morgan fingerprint density at radius 1 is 0.941 bits per heavy atom. The maximum atomic E-state index is 14.2. The summed E-state index contributed by atoms with van der Waals surface area (Å²) in [6.07, 6.45) is 3.70. The maximum Gasteiger partial charge on any atom is 0.344 e. The predicted octanol–water partition coefficient (Wildman–Crippen LogP) is 3.33. The van der Waals surface area contributed by atoms with Gasteiger partial charge >= 0.3 is 11.4 Å². The van der Waals surface area contributed by atoms with E-state index in [2.05, 4.69) is 14.8 Å². The van der Waals surface area contributed by atoms with Crippen molar-refractivity contribution in [3.8, 4) is 0 Å². The Morgan fingerprint density at radius 2 is 1.68 bits per heavy atom. The van der Waals surface area contributed by atoms with E-state index in [4.69, 9.17) is 0 Å². The van der Waals surface area contributed by atoms with Gasteiger partial charge in [0.15, 0.2) is 0 Å². The van der Waals surface area contributed by atoms with E-state index in [9.17, 15) is 18.4 Å². The fourth-order valence-corrected chi connectivity index (χ4v) is 5.49. The fourth-order valence-electron chi connectivity index (χ4n) is 5.49. The molecule has 1 fully saturated rings. The Hall–Kier alpha value is -3.20. The molecule has 2 atom stereocenters. The number of piperidine rings is 1. The average Bonchev–Trinajstić information content (AvgIpc) is 3.26. The molecule has 5 rings (SSSR count). The minimum Gasteiger partial charge on any atom is -0.337 e. The number of H-pyrrole nitrogens is 1. The van der Waals surface area contributed by atoms with Crippen molar-refractivity contribution < 1.29 is 8.78 Å². The smallest absolute Gasteiger partial charge is 0.337 e. The van der Waals surface area contributed by atoms with Crippen molar-refractivity contribution >= 4 is 11.4 Å². The number of hydrogen-bond donors (Lipinski definition) is 1. The van der Waals surface area contributed by atoms with Crippen LogP contribution in [-0.4, -0.2) is 44.9 Å². The topological polar surface area (TPSA) is 66.3 Å². The van der Waals surface area contributed by atoms with Crippen LogP contribution in [0.1, 0.15) is 37.2 Å². The van der Waals surface area contributed by atoms with Gasteiger partial charge in [0, 0.05) is 50.0 Å². The second-order valence-corrected chi connectivity index (χ2v) is 9.26. The van der Waals surface area contributed by atoms with Crippen molar-refractivity contribution in [3.63, 3.8) is 0 Å². The molecule has 1 N–H and O–H groups in total. The first-order chi connectivity index (χ1) is 16.4. The molecule has 2 aliphatic rings. The Balaban J connectivity index is 1.22. The van der Waals surface area contributed by atoms with Crippen LogP contribution in [0.4, 0.5) is 20.2 Å². The third-order valence-electron chi connectivity index (χ3n) is 7.19. The molecule has 0 radical (unpaired) electrons. The molecule has 0 bridgehead atoms. The molecule has 2 aromatic carbocycles. The van der Waals surface area contributed by atoms with Gasteiger partial charge in [-0.05, 0) is 73.8 Å². The third-order valence-corrected chi connectivity index (χ3v) is 7.19. The fraction of sp³-hybridized carbons (Fsp3) is 0.440. The van der Waals surface area contributed by atoms with Gasteiger partial charge in [-0.1, -0.05) is 6.42 Å². The number of likely N-dealkylation sites (tertiary alicyclic amines) is 1. The van der Waals surface area contributed by atoms with E-state index in [-0.39, 0.29) is 29.3 Å². The van der Waals surface area contributed by atoms with Crippen molar-refractivity contribution in [2.45, 2.75) is 44.2 Å². The van der Waals surface area contributed by atoms with Gasteiger partial charge in [0.2, 0.25) is 0 Å². The molecule has 1 saturated heterocycles. The summed E-state index contributed by atoms with van der Waals surface area (Å²) in [5.74, 6) is -0.306. The molecule has 3 heterocycles. The van der Waals surface area contributed by atoms with Gasteiger partial charge in [0.1, 0.15) is 11.6 Å². The molecule has 0 amide bonds. The first kappa shape index (κ1) is 22.6. The summed E-state index contributed by atoms with van der Waals surface area (Å²) in [5.41, 5.74) is 2.20. The molecular formula is C25H29F2N5O2. The highest BCUT2D eigenvalue weighted by atomic mass is 19.1. The van der Waals surface area contributed by atoms with Crippen molar-refractivity contribution in [1.29, 1.82) is 0 Å². The number of hydrogen-bond acceptors (Lipinski definition) is 4.